The molecule has 2 heterocycles. The van der Waals surface area contributed by atoms with Gasteiger partial charge >= 0.3 is 0 Å². The summed E-state index contributed by atoms with van der Waals surface area (Å²) in [6.45, 7) is 2.16. The van der Waals surface area contributed by atoms with Crippen LogP contribution in [-0.4, -0.2) is 17.9 Å². The van der Waals surface area contributed by atoms with Gasteiger partial charge in [0.05, 0.1) is 27.3 Å². The van der Waals surface area contributed by atoms with E-state index < -0.39 is 5.41 Å². The Morgan fingerprint density at radius 3 is 2.81 bits per heavy atom. The van der Waals surface area contributed by atoms with Crippen molar-refractivity contribution in [3.63, 3.8) is 0 Å². The van der Waals surface area contributed by atoms with Crippen LogP contribution in [0.15, 0.2) is 22.8 Å². The van der Waals surface area contributed by atoms with Crippen molar-refractivity contribution in [1.29, 1.82) is 0 Å². The van der Waals surface area contributed by atoms with Gasteiger partial charge in [-0.2, -0.15) is 0 Å². The lowest BCUT2D eigenvalue weighted by Gasteiger charge is -2.42. The van der Waals surface area contributed by atoms with Crippen molar-refractivity contribution < 1.29 is 9.18 Å². The molecule has 1 saturated carbocycles. The lowest BCUT2D eigenvalue weighted by atomic mass is 9.59. The second-order valence-corrected chi connectivity index (χ2v) is 7.12. The highest BCUT2D eigenvalue weighted by molar-refractivity contribution is 9.10. The van der Waals surface area contributed by atoms with E-state index in [1.165, 1.54) is 6.07 Å². The Morgan fingerprint density at radius 2 is 2.14 bits per heavy atom. The molecule has 0 radical (unpaired) electrons. The Balaban J connectivity index is 2.07. The molecule has 1 aliphatic carbocycles. The third-order valence-corrected chi connectivity index (χ3v) is 5.45. The van der Waals surface area contributed by atoms with E-state index in [2.05, 4.69) is 27.8 Å². The molecule has 2 aliphatic rings. The topological polar surface area (TPSA) is 33.2 Å². The number of carbonyl (C=O) groups excluding carboxylic acids is 1. The summed E-state index contributed by atoms with van der Waals surface area (Å²) < 4.78 is 14.2. The summed E-state index contributed by atoms with van der Waals surface area (Å²) >= 11 is 3.24. The van der Waals surface area contributed by atoms with Gasteiger partial charge in [-0.1, -0.05) is 6.92 Å². The van der Waals surface area contributed by atoms with Crippen molar-refractivity contribution in [2.75, 3.05) is 11.9 Å². The van der Waals surface area contributed by atoms with E-state index in [4.69, 9.17) is 0 Å². The molecule has 2 aromatic rings. The third kappa shape index (κ3) is 1.53. The van der Waals surface area contributed by atoms with Crippen LogP contribution in [0.25, 0.3) is 10.9 Å². The molecule has 1 amide bonds. The minimum Gasteiger partial charge on any atom is -0.313 e. The normalized spacial score (nSPS) is 27.3. The number of rotatable bonds is 0. The number of benzene rings is 1. The number of nitrogens with zero attached hydrogens (tertiary/aromatic N) is 2. The fraction of sp³-hybridized carbons (Fsp3) is 0.375. The Kier molecular flexibility index (Phi) is 2.53. The van der Waals surface area contributed by atoms with Crippen molar-refractivity contribution in [3.05, 3.63) is 34.2 Å². The van der Waals surface area contributed by atoms with Gasteiger partial charge in [0, 0.05) is 24.1 Å². The smallest absolute Gasteiger partial charge is 0.237 e. The highest BCUT2D eigenvalue weighted by Crippen LogP contribution is 2.57. The standard InChI is InChI=1S/C16H14BrFN2O/c1-8-5-16(6-8)14-9-3-10(17)11(18)4-12(9)19-7-13(14)20(2)15(16)21/h3-4,7-8H,5-6H2,1-2H3. The monoisotopic (exact) mass is 348 g/mol. The molecular formula is C16H14BrFN2O. The van der Waals surface area contributed by atoms with Crippen molar-refractivity contribution in [3.8, 4) is 0 Å². The van der Waals surface area contributed by atoms with Gasteiger partial charge in [0.1, 0.15) is 5.82 Å². The lowest BCUT2D eigenvalue weighted by Crippen LogP contribution is -2.48. The van der Waals surface area contributed by atoms with Crippen LogP contribution in [0.1, 0.15) is 25.3 Å². The molecule has 0 saturated heterocycles. The van der Waals surface area contributed by atoms with E-state index in [0.717, 1.165) is 29.5 Å². The van der Waals surface area contributed by atoms with Gasteiger partial charge in [-0.25, -0.2) is 4.39 Å². The van der Waals surface area contributed by atoms with E-state index >= 15 is 0 Å². The van der Waals surface area contributed by atoms with Gasteiger partial charge < -0.3 is 4.90 Å². The van der Waals surface area contributed by atoms with E-state index in [9.17, 15) is 9.18 Å². The first-order valence-corrected chi connectivity index (χ1v) is 7.80. The van der Waals surface area contributed by atoms with Crippen LogP contribution in [0.5, 0.6) is 0 Å². The van der Waals surface area contributed by atoms with Gasteiger partial charge in [0.25, 0.3) is 0 Å². The molecule has 1 spiro atoms. The first-order chi connectivity index (χ1) is 9.94. The lowest BCUT2D eigenvalue weighted by molar-refractivity contribution is -0.127. The first kappa shape index (κ1) is 13.2. The second kappa shape index (κ2) is 4.03. The molecule has 21 heavy (non-hydrogen) atoms. The van der Waals surface area contributed by atoms with Crippen LogP contribution in [0, 0.1) is 11.7 Å². The molecule has 0 bridgehead atoms. The number of hydrogen-bond donors (Lipinski definition) is 0. The minimum atomic E-state index is -0.429. The third-order valence-electron chi connectivity index (χ3n) is 4.84. The van der Waals surface area contributed by atoms with Crippen LogP contribution >= 0.6 is 15.9 Å². The van der Waals surface area contributed by atoms with Crippen molar-refractivity contribution in [2.45, 2.75) is 25.2 Å². The maximum absolute atomic E-state index is 13.7. The zero-order valence-electron chi connectivity index (χ0n) is 11.8. The van der Waals surface area contributed by atoms with Crippen LogP contribution in [0.3, 0.4) is 0 Å². The average molecular weight is 349 g/mol. The molecule has 1 aromatic heterocycles. The molecule has 4 rings (SSSR count). The zero-order chi connectivity index (χ0) is 14.9. The molecular weight excluding hydrogens is 335 g/mol. The fourth-order valence-electron chi connectivity index (χ4n) is 3.98. The maximum Gasteiger partial charge on any atom is 0.237 e. The van der Waals surface area contributed by atoms with Gasteiger partial charge in [-0.05, 0) is 40.8 Å². The van der Waals surface area contributed by atoms with Crippen LogP contribution in [-0.2, 0) is 10.2 Å². The van der Waals surface area contributed by atoms with E-state index in [1.807, 2.05) is 0 Å². The Bertz CT molecular complexity index is 798. The fourth-order valence-corrected chi connectivity index (χ4v) is 4.32. The van der Waals surface area contributed by atoms with Crippen LogP contribution in [0.2, 0.25) is 0 Å². The molecule has 0 N–H and O–H groups in total. The van der Waals surface area contributed by atoms with Gasteiger partial charge in [0.2, 0.25) is 5.91 Å². The molecule has 0 atom stereocenters. The minimum absolute atomic E-state index is 0.144. The summed E-state index contributed by atoms with van der Waals surface area (Å²) in [4.78, 5) is 18.7. The predicted molar refractivity (Wildman–Crippen MR) is 82.9 cm³/mol. The van der Waals surface area contributed by atoms with Crippen molar-refractivity contribution >= 4 is 38.4 Å². The van der Waals surface area contributed by atoms with E-state index in [0.29, 0.717) is 15.9 Å². The van der Waals surface area contributed by atoms with E-state index in [-0.39, 0.29) is 11.7 Å². The summed E-state index contributed by atoms with van der Waals surface area (Å²) in [5, 5.41) is 0.880. The summed E-state index contributed by atoms with van der Waals surface area (Å²) in [6.07, 6.45) is 3.41. The molecule has 108 valence electrons. The molecule has 0 unspecified atom stereocenters. The number of amides is 1. The highest BCUT2D eigenvalue weighted by atomic mass is 79.9. The van der Waals surface area contributed by atoms with Crippen LogP contribution < -0.4 is 4.90 Å². The quantitative estimate of drug-likeness (QED) is 0.725. The maximum atomic E-state index is 13.7. The number of carbonyl (C=O) groups is 1. The molecule has 3 nitrogen and oxygen atoms in total. The molecule has 5 heteroatoms. The Hall–Kier alpha value is -1.49. The number of aromatic nitrogens is 1. The summed E-state index contributed by atoms with van der Waals surface area (Å²) in [7, 11) is 1.80. The van der Waals surface area contributed by atoms with Gasteiger partial charge in [0.15, 0.2) is 0 Å². The number of pyridine rings is 1. The highest BCUT2D eigenvalue weighted by Gasteiger charge is 2.57. The first-order valence-electron chi connectivity index (χ1n) is 7.00. The largest absolute Gasteiger partial charge is 0.313 e. The SMILES string of the molecule is CC1CC2(C1)C(=O)N(C)c1cnc3cc(F)c(Br)cc3c12. The van der Waals surface area contributed by atoms with E-state index in [1.54, 1.807) is 24.2 Å². The molecule has 1 aliphatic heterocycles. The van der Waals surface area contributed by atoms with Gasteiger partial charge in [-0.3, -0.25) is 9.78 Å². The molecule has 1 fully saturated rings. The summed E-state index contributed by atoms with van der Waals surface area (Å²) in [5.41, 5.74) is 2.07. The Morgan fingerprint density at radius 1 is 1.43 bits per heavy atom. The zero-order valence-corrected chi connectivity index (χ0v) is 13.4. The van der Waals surface area contributed by atoms with Crippen molar-refractivity contribution in [1.82, 2.24) is 4.98 Å². The summed E-state index contributed by atoms with van der Waals surface area (Å²) in [6, 6.07) is 3.19. The van der Waals surface area contributed by atoms with Crippen LogP contribution in [0.4, 0.5) is 10.1 Å². The average Bonchev–Trinajstić information content (AvgIpc) is 2.63. The second-order valence-electron chi connectivity index (χ2n) is 6.26. The van der Waals surface area contributed by atoms with Crippen molar-refractivity contribution in [2.24, 2.45) is 5.92 Å². The summed E-state index contributed by atoms with van der Waals surface area (Å²) in [5.74, 6) is 0.356. The predicted octanol–water partition coefficient (Wildman–Crippen LogP) is 3.78. The number of halogens is 2. The number of anilines is 1. The number of likely N-dealkylation sites (N-methyl/N-ethyl adjacent to an activating group) is 1. The molecule has 1 aromatic carbocycles. The number of fused-ring (bicyclic) bond motifs is 4. The van der Waals surface area contributed by atoms with Gasteiger partial charge in [-0.15, -0.1) is 0 Å². The Labute approximate surface area is 130 Å². The number of hydrogen-bond acceptors (Lipinski definition) is 2.